The van der Waals surface area contributed by atoms with Gasteiger partial charge in [0.05, 0.1) is 0 Å². The summed E-state index contributed by atoms with van der Waals surface area (Å²) in [5.74, 6) is -2.19. The van der Waals surface area contributed by atoms with Gasteiger partial charge in [0.15, 0.2) is 5.57 Å². The van der Waals surface area contributed by atoms with Gasteiger partial charge in [-0.15, -0.1) is 0 Å². The summed E-state index contributed by atoms with van der Waals surface area (Å²) in [5, 5.41) is 2.86. The molecule has 0 spiro atoms. The number of aromatic nitrogens is 2. The lowest BCUT2D eigenvalue weighted by Crippen LogP contribution is -2.42. The summed E-state index contributed by atoms with van der Waals surface area (Å²) in [6, 6.07) is 8.99. The van der Waals surface area contributed by atoms with Crippen LogP contribution in [0.5, 0.6) is 11.8 Å². The smallest absolute Gasteiger partial charge is 0.350 e. The van der Waals surface area contributed by atoms with Crippen LogP contribution in [0.4, 0.5) is 5.69 Å². The van der Waals surface area contributed by atoms with Crippen molar-refractivity contribution in [3.8, 4) is 11.8 Å². The highest BCUT2D eigenvalue weighted by molar-refractivity contribution is 6.15. The van der Waals surface area contributed by atoms with E-state index in [-0.39, 0.29) is 11.6 Å². The van der Waals surface area contributed by atoms with Crippen molar-refractivity contribution in [3.63, 3.8) is 0 Å². The Morgan fingerprint density at radius 1 is 1.00 bits per heavy atom. The number of hydrogen-bond donors (Lipinski definition) is 1. The minimum Gasteiger partial charge on any atom is -0.424 e. The third-order valence-electron chi connectivity index (χ3n) is 3.53. The molecule has 0 amide bonds. The van der Waals surface area contributed by atoms with Crippen molar-refractivity contribution < 1.29 is 23.8 Å². The Bertz CT molecular complexity index is 877. The van der Waals surface area contributed by atoms with Crippen LogP contribution >= 0.6 is 0 Å². The summed E-state index contributed by atoms with van der Waals surface area (Å²) in [5.41, 5.74) is 2.06. The van der Waals surface area contributed by atoms with E-state index in [1.54, 1.807) is 24.3 Å². The molecular formula is C19H19N3O5. The van der Waals surface area contributed by atoms with Crippen molar-refractivity contribution in [1.29, 1.82) is 0 Å². The molecule has 0 saturated carbocycles. The molecule has 1 aromatic carbocycles. The lowest BCUT2D eigenvalue weighted by atomic mass is 10.2. The van der Waals surface area contributed by atoms with Crippen LogP contribution in [-0.4, -0.2) is 27.7 Å². The monoisotopic (exact) mass is 369 g/mol. The van der Waals surface area contributed by atoms with Crippen LogP contribution in [0.25, 0.3) is 0 Å². The molecule has 1 fully saturated rings. The first-order valence-corrected chi connectivity index (χ1v) is 8.25. The number of esters is 2. The zero-order chi connectivity index (χ0) is 19.6. The first-order valence-electron chi connectivity index (χ1n) is 8.25. The Morgan fingerprint density at radius 3 is 2.11 bits per heavy atom. The standard InChI is InChI=1S/C19H19N3O5/c1-11-9-12(2)22-18(21-11)25-14-7-5-13(6-8-14)20-10-15-16(23)26-19(3,4)27-17(15)24/h5-10,20H,1-4H3. The van der Waals surface area contributed by atoms with Crippen LogP contribution in [0.1, 0.15) is 25.2 Å². The van der Waals surface area contributed by atoms with Crippen LogP contribution in [0.3, 0.4) is 0 Å². The van der Waals surface area contributed by atoms with Gasteiger partial charge in [-0.05, 0) is 44.2 Å². The summed E-state index contributed by atoms with van der Waals surface area (Å²) in [6.45, 7) is 6.71. The molecule has 2 aromatic rings. The van der Waals surface area contributed by atoms with Gasteiger partial charge in [-0.3, -0.25) is 0 Å². The Kier molecular flexibility index (Phi) is 4.81. The van der Waals surface area contributed by atoms with E-state index in [0.29, 0.717) is 11.4 Å². The van der Waals surface area contributed by atoms with E-state index in [2.05, 4.69) is 15.3 Å². The number of anilines is 1. The zero-order valence-electron chi connectivity index (χ0n) is 15.4. The first kappa shape index (κ1) is 18.4. The van der Waals surface area contributed by atoms with Crippen LogP contribution in [0, 0.1) is 13.8 Å². The van der Waals surface area contributed by atoms with Crippen LogP contribution in [0.2, 0.25) is 0 Å². The van der Waals surface area contributed by atoms with Gasteiger partial charge in [0.25, 0.3) is 5.79 Å². The molecule has 0 atom stereocenters. The molecule has 0 radical (unpaired) electrons. The number of rotatable bonds is 4. The fourth-order valence-corrected chi connectivity index (χ4v) is 2.40. The molecule has 1 aliphatic heterocycles. The molecule has 0 bridgehead atoms. The van der Waals surface area contributed by atoms with Crippen molar-refractivity contribution in [3.05, 3.63) is 53.5 Å². The number of nitrogens with one attached hydrogen (secondary N) is 1. The number of nitrogens with zero attached hydrogens (tertiary/aromatic N) is 2. The molecule has 0 aliphatic carbocycles. The van der Waals surface area contributed by atoms with Gasteiger partial charge >= 0.3 is 17.9 Å². The van der Waals surface area contributed by atoms with Crippen LogP contribution < -0.4 is 10.1 Å². The van der Waals surface area contributed by atoms with E-state index in [4.69, 9.17) is 14.2 Å². The second kappa shape index (κ2) is 7.06. The van der Waals surface area contributed by atoms with Crippen LogP contribution in [-0.2, 0) is 19.1 Å². The summed E-state index contributed by atoms with van der Waals surface area (Å²) in [6.07, 6.45) is 1.25. The van der Waals surface area contributed by atoms with E-state index >= 15 is 0 Å². The third-order valence-corrected chi connectivity index (χ3v) is 3.53. The molecule has 2 heterocycles. The second-order valence-electron chi connectivity index (χ2n) is 6.44. The average molecular weight is 369 g/mol. The Morgan fingerprint density at radius 2 is 1.56 bits per heavy atom. The Labute approximate surface area is 156 Å². The molecule has 1 aliphatic rings. The highest BCUT2D eigenvalue weighted by atomic mass is 16.7. The lowest BCUT2D eigenvalue weighted by Gasteiger charge is -2.29. The third kappa shape index (κ3) is 4.60. The topological polar surface area (TPSA) is 99.6 Å². The predicted octanol–water partition coefficient (Wildman–Crippen LogP) is 3.02. The van der Waals surface area contributed by atoms with E-state index in [1.807, 2.05) is 19.9 Å². The normalized spacial score (nSPS) is 15.6. The van der Waals surface area contributed by atoms with Gasteiger partial charge in [-0.1, -0.05) is 0 Å². The number of benzene rings is 1. The van der Waals surface area contributed by atoms with Crippen LogP contribution in [0.15, 0.2) is 42.1 Å². The lowest BCUT2D eigenvalue weighted by molar-refractivity contribution is -0.222. The van der Waals surface area contributed by atoms with E-state index in [1.165, 1.54) is 20.0 Å². The van der Waals surface area contributed by atoms with E-state index < -0.39 is 17.7 Å². The van der Waals surface area contributed by atoms with Crippen molar-refractivity contribution in [2.75, 3.05) is 5.32 Å². The maximum atomic E-state index is 11.9. The zero-order valence-corrected chi connectivity index (χ0v) is 15.4. The van der Waals surface area contributed by atoms with Gasteiger partial charge in [-0.2, -0.15) is 0 Å². The number of carbonyl (C=O) groups is 2. The van der Waals surface area contributed by atoms with Gasteiger partial charge in [0.1, 0.15) is 5.75 Å². The molecule has 1 saturated heterocycles. The molecule has 1 N–H and O–H groups in total. The summed E-state index contributed by atoms with van der Waals surface area (Å²) < 4.78 is 15.7. The van der Waals surface area contributed by atoms with E-state index in [0.717, 1.165) is 11.4 Å². The molecule has 3 rings (SSSR count). The fraction of sp³-hybridized carbons (Fsp3) is 0.263. The molecule has 140 valence electrons. The van der Waals surface area contributed by atoms with Gasteiger partial charge < -0.3 is 19.5 Å². The summed E-state index contributed by atoms with van der Waals surface area (Å²) in [7, 11) is 0. The van der Waals surface area contributed by atoms with Gasteiger partial charge in [0, 0.05) is 37.1 Å². The summed E-state index contributed by atoms with van der Waals surface area (Å²) in [4.78, 5) is 32.2. The van der Waals surface area contributed by atoms with Gasteiger partial charge in [-0.25, -0.2) is 19.6 Å². The molecule has 1 aromatic heterocycles. The predicted molar refractivity (Wildman–Crippen MR) is 96.0 cm³/mol. The first-order chi connectivity index (χ1) is 12.7. The quantitative estimate of drug-likeness (QED) is 0.499. The number of aryl methyl sites for hydroxylation is 2. The minimum absolute atomic E-state index is 0.210. The van der Waals surface area contributed by atoms with Crippen molar-refractivity contribution >= 4 is 17.6 Å². The molecule has 8 nitrogen and oxygen atoms in total. The number of carbonyl (C=O) groups excluding carboxylic acids is 2. The molecule has 0 unspecified atom stereocenters. The minimum atomic E-state index is -1.26. The second-order valence-corrected chi connectivity index (χ2v) is 6.44. The Hall–Kier alpha value is -3.42. The van der Waals surface area contributed by atoms with Crippen molar-refractivity contribution in [1.82, 2.24) is 9.97 Å². The molecule has 8 heteroatoms. The number of cyclic esters (lactones) is 2. The maximum Gasteiger partial charge on any atom is 0.350 e. The van der Waals surface area contributed by atoms with Gasteiger partial charge in [0.2, 0.25) is 0 Å². The number of hydrogen-bond acceptors (Lipinski definition) is 8. The molecule has 27 heavy (non-hydrogen) atoms. The van der Waals surface area contributed by atoms with Crippen molar-refractivity contribution in [2.24, 2.45) is 0 Å². The van der Waals surface area contributed by atoms with Crippen molar-refractivity contribution in [2.45, 2.75) is 33.5 Å². The Balaban J connectivity index is 1.67. The number of ether oxygens (including phenoxy) is 3. The SMILES string of the molecule is Cc1cc(C)nc(Oc2ccc(NC=C3C(=O)OC(C)(C)OC3=O)cc2)n1. The maximum absolute atomic E-state index is 11.9. The highest BCUT2D eigenvalue weighted by Gasteiger charge is 2.38. The largest absolute Gasteiger partial charge is 0.424 e. The average Bonchev–Trinajstić information content (AvgIpc) is 2.53. The fourth-order valence-electron chi connectivity index (χ4n) is 2.40. The van der Waals surface area contributed by atoms with E-state index in [9.17, 15) is 9.59 Å². The highest BCUT2D eigenvalue weighted by Crippen LogP contribution is 2.24. The summed E-state index contributed by atoms with van der Waals surface area (Å²) >= 11 is 0. The molecular weight excluding hydrogens is 350 g/mol.